The number of nitro groups is 1. The smallest absolute Gasteiger partial charge is 0.269 e. The zero-order valence-corrected chi connectivity index (χ0v) is 10.7. The van der Waals surface area contributed by atoms with Crippen LogP contribution in [0.25, 0.3) is 0 Å². The lowest BCUT2D eigenvalue weighted by molar-refractivity contribution is -0.384. The molecule has 18 heavy (non-hydrogen) atoms. The molecule has 0 aliphatic carbocycles. The van der Waals surface area contributed by atoms with Gasteiger partial charge in [-0.1, -0.05) is 20.8 Å². The Hall–Kier alpha value is -1.91. The average Bonchev–Trinajstić information content (AvgIpc) is 3.07. The summed E-state index contributed by atoms with van der Waals surface area (Å²) < 4.78 is 0. The normalized spacial score (nSPS) is 18.6. The largest absolute Gasteiger partial charge is 0.331 e. The maximum Gasteiger partial charge on any atom is 0.269 e. The SMILES string of the molecule is CC(C)(C)[C@@H]1CN1C(=O)c1ccc([N+](=O)[O-])cc1. The molecule has 1 aromatic carbocycles. The zero-order chi connectivity index (χ0) is 13.5. The van der Waals surface area contributed by atoms with Crippen molar-refractivity contribution in [1.82, 2.24) is 4.90 Å². The Kier molecular flexibility index (Phi) is 2.84. The van der Waals surface area contributed by atoms with Crippen LogP contribution in [0.5, 0.6) is 0 Å². The van der Waals surface area contributed by atoms with Gasteiger partial charge in [0.2, 0.25) is 0 Å². The minimum Gasteiger partial charge on any atom is -0.331 e. The van der Waals surface area contributed by atoms with Gasteiger partial charge in [-0.25, -0.2) is 0 Å². The van der Waals surface area contributed by atoms with Crippen LogP contribution in [0.15, 0.2) is 24.3 Å². The van der Waals surface area contributed by atoms with Crippen LogP contribution in [0.1, 0.15) is 31.1 Å². The first-order chi connectivity index (χ1) is 8.30. The highest BCUT2D eigenvalue weighted by molar-refractivity contribution is 5.96. The first-order valence-electron chi connectivity index (χ1n) is 5.86. The number of non-ortho nitro benzene ring substituents is 1. The van der Waals surface area contributed by atoms with E-state index in [0.717, 1.165) is 6.54 Å². The van der Waals surface area contributed by atoms with Crippen molar-refractivity contribution in [2.24, 2.45) is 5.41 Å². The summed E-state index contributed by atoms with van der Waals surface area (Å²) in [5.74, 6) is -0.0511. The molecule has 96 valence electrons. The second kappa shape index (κ2) is 4.08. The van der Waals surface area contributed by atoms with E-state index in [9.17, 15) is 14.9 Å². The van der Waals surface area contributed by atoms with Crippen molar-refractivity contribution in [3.63, 3.8) is 0 Å². The highest BCUT2D eigenvalue weighted by Gasteiger charge is 2.46. The molecule has 0 unspecified atom stereocenters. The van der Waals surface area contributed by atoms with Gasteiger partial charge in [0.25, 0.3) is 11.6 Å². The van der Waals surface area contributed by atoms with Gasteiger partial charge in [-0.15, -0.1) is 0 Å². The van der Waals surface area contributed by atoms with Gasteiger partial charge >= 0.3 is 0 Å². The van der Waals surface area contributed by atoms with Crippen molar-refractivity contribution in [3.8, 4) is 0 Å². The Bertz CT molecular complexity index is 488. The van der Waals surface area contributed by atoms with Gasteiger partial charge in [-0.2, -0.15) is 0 Å². The van der Waals surface area contributed by atoms with Crippen molar-refractivity contribution in [1.29, 1.82) is 0 Å². The van der Waals surface area contributed by atoms with E-state index < -0.39 is 4.92 Å². The van der Waals surface area contributed by atoms with Gasteiger partial charge in [-0.3, -0.25) is 14.9 Å². The summed E-state index contributed by atoms with van der Waals surface area (Å²) in [5.41, 5.74) is 0.591. The molecule has 1 heterocycles. The Morgan fingerprint density at radius 3 is 2.28 bits per heavy atom. The van der Waals surface area contributed by atoms with Crippen LogP contribution in [0.2, 0.25) is 0 Å². The highest BCUT2D eigenvalue weighted by atomic mass is 16.6. The summed E-state index contributed by atoms with van der Waals surface area (Å²) in [5, 5.41) is 10.5. The number of carbonyl (C=O) groups is 1. The minimum atomic E-state index is -0.469. The maximum atomic E-state index is 12.1. The molecule has 1 aromatic rings. The summed E-state index contributed by atoms with van der Waals surface area (Å²) >= 11 is 0. The summed E-state index contributed by atoms with van der Waals surface area (Å²) in [4.78, 5) is 23.9. The lowest BCUT2D eigenvalue weighted by atomic mass is 9.92. The van der Waals surface area contributed by atoms with Crippen LogP contribution < -0.4 is 0 Å². The highest BCUT2D eigenvalue weighted by Crippen LogP contribution is 2.36. The predicted molar refractivity (Wildman–Crippen MR) is 67.4 cm³/mol. The number of hydrogen-bond donors (Lipinski definition) is 0. The number of hydrogen-bond acceptors (Lipinski definition) is 3. The molecule has 1 aliphatic rings. The topological polar surface area (TPSA) is 63.2 Å². The summed E-state index contributed by atoms with van der Waals surface area (Å²) in [7, 11) is 0. The summed E-state index contributed by atoms with van der Waals surface area (Å²) in [6.07, 6.45) is 0. The van der Waals surface area contributed by atoms with Crippen molar-refractivity contribution in [3.05, 3.63) is 39.9 Å². The summed E-state index contributed by atoms with van der Waals surface area (Å²) in [6, 6.07) is 6.02. The standard InChI is InChI=1S/C13H16N2O3/c1-13(2,3)11-8-14(11)12(16)9-4-6-10(7-5-9)15(17)18/h4-7,11H,8H2,1-3H3/t11-,14?/m0/s1. The van der Waals surface area contributed by atoms with E-state index in [2.05, 4.69) is 20.8 Å². The lowest BCUT2D eigenvalue weighted by Gasteiger charge is -2.17. The molecule has 0 saturated carbocycles. The van der Waals surface area contributed by atoms with Gasteiger partial charge < -0.3 is 4.90 Å². The van der Waals surface area contributed by atoms with E-state index >= 15 is 0 Å². The quantitative estimate of drug-likeness (QED) is 0.459. The minimum absolute atomic E-state index is 0.00437. The molecule has 5 nitrogen and oxygen atoms in total. The van der Waals surface area contributed by atoms with E-state index in [4.69, 9.17) is 0 Å². The zero-order valence-electron chi connectivity index (χ0n) is 10.7. The van der Waals surface area contributed by atoms with Crippen molar-refractivity contribution < 1.29 is 9.72 Å². The molecule has 0 spiro atoms. The van der Waals surface area contributed by atoms with Crippen LogP contribution in [-0.2, 0) is 0 Å². The molecule has 1 saturated heterocycles. The number of carbonyl (C=O) groups excluding carboxylic acids is 1. The molecular formula is C13H16N2O3. The third kappa shape index (κ3) is 2.34. The lowest BCUT2D eigenvalue weighted by Crippen LogP contribution is -2.22. The molecule has 1 atom stereocenters. The molecule has 0 aromatic heterocycles. The number of benzene rings is 1. The molecule has 0 N–H and O–H groups in total. The molecule has 2 rings (SSSR count). The van der Waals surface area contributed by atoms with Crippen LogP contribution in [-0.4, -0.2) is 28.3 Å². The van der Waals surface area contributed by atoms with Gasteiger partial charge in [0.05, 0.1) is 11.0 Å². The molecule has 1 aliphatic heterocycles. The van der Waals surface area contributed by atoms with Gasteiger partial charge in [0, 0.05) is 24.2 Å². The Labute approximate surface area is 106 Å². The number of rotatable bonds is 2. The van der Waals surface area contributed by atoms with Crippen LogP contribution in [0, 0.1) is 15.5 Å². The van der Waals surface area contributed by atoms with E-state index in [0.29, 0.717) is 5.56 Å². The summed E-state index contributed by atoms with van der Waals surface area (Å²) in [6.45, 7) is 7.06. The maximum absolute atomic E-state index is 12.1. The second-order valence-electron chi connectivity index (χ2n) is 5.64. The Balaban J connectivity index is 2.10. The van der Waals surface area contributed by atoms with Crippen molar-refractivity contribution >= 4 is 11.6 Å². The molecular weight excluding hydrogens is 232 g/mol. The van der Waals surface area contributed by atoms with Crippen LogP contribution in [0.4, 0.5) is 5.69 Å². The van der Waals surface area contributed by atoms with Crippen LogP contribution >= 0.6 is 0 Å². The van der Waals surface area contributed by atoms with E-state index in [1.54, 1.807) is 4.90 Å². The second-order valence-corrected chi connectivity index (χ2v) is 5.64. The van der Waals surface area contributed by atoms with Gasteiger partial charge in [0.1, 0.15) is 0 Å². The van der Waals surface area contributed by atoms with Crippen molar-refractivity contribution in [2.45, 2.75) is 26.8 Å². The van der Waals surface area contributed by atoms with Gasteiger partial charge in [-0.05, 0) is 17.5 Å². The fourth-order valence-electron chi connectivity index (χ4n) is 2.00. The fourth-order valence-corrected chi connectivity index (χ4v) is 2.00. The number of nitro benzene ring substituents is 1. The van der Waals surface area contributed by atoms with Crippen LogP contribution in [0.3, 0.4) is 0 Å². The third-order valence-corrected chi connectivity index (χ3v) is 3.20. The molecule has 1 fully saturated rings. The molecule has 5 heteroatoms. The Morgan fingerprint density at radius 1 is 1.33 bits per heavy atom. The number of nitrogens with zero attached hydrogens (tertiary/aromatic N) is 2. The van der Waals surface area contributed by atoms with Crippen molar-refractivity contribution in [2.75, 3.05) is 6.54 Å². The monoisotopic (exact) mass is 248 g/mol. The van der Waals surface area contributed by atoms with E-state index in [-0.39, 0.29) is 23.1 Å². The average molecular weight is 248 g/mol. The fraction of sp³-hybridized carbons (Fsp3) is 0.462. The van der Waals surface area contributed by atoms with Gasteiger partial charge in [0.15, 0.2) is 0 Å². The predicted octanol–water partition coefficient (Wildman–Crippen LogP) is 2.47. The van der Waals surface area contributed by atoms with E-state index in [1.807, 2.05) is 0 Å². The number of amides is 1. The first-order valence-corrected chi connectivity index (χ1v) is 5.86. The third-order valence-electron chi connectivity index (χ3n) is 3.20. The molecule has 1 amide bonds. The Morgan fingerprint density at radius 2 is 1.89 bits per heavy atom. The van der Waals surface area contributed by atoms with E-state index in [1.165, 1.54) is 24.3 Å². The molecule has 0 bridgehead atoms. The molecule has 0 radical (unpaired) electrons. The first kappa shape index (κ1) is 12.5.